The van der Waals surface area contributed by atoms with Gasteiger partial charge in [-0.2, -0.15) is 0 Å². The van der Waals surface area contributed by atoms with E-state index in [9.17, 15) is 18.0 Å². The van der Waals surface area contributed by atoms with Gasteiger partial charge in [-0.3, -0.25) is 20.4 Å². The molecular formula is C15H20N2O5S. The molecule has 1 aromatic carbocycles. The lowest BCUT2D eigenvalue weighted by molar-refractivity contribution is -0.129. The Labute approximate surface area is 135 Å². The summed E-state index contributed by atoms with van der Waals surface area (Å²) in [6, 6.07) is 7.12. The van der Waals surface area contributed by atoms with Crippen molar-refractivity contribution in [2.24, 2.45) is 5.92 Å². The van der Waals surface area contributed by atoms with E-state index in [1.165, 1.54) is 7.11 Å². The van der Waals surface area contributed by atoms with Crippen LogP contribution in [0.4, 0.5) is 0 Å². The number of benzene rings is 1. The molecule has 23 heavy (non-hydrogen) atoms. The Morgan fingerprint density at radius 3 is 2.57 bits per heavy atom. The highest BCUT2D eigenvalue weighted by Gasteiger charge is 2.29. The number of nitrogens with one attached hydrogen (secondary N) is 2. The highest BCUT2D eigenvalue weighted by molar-refractivity contribution is 7.91. The number of hydrogen-bond acceptors (Lipinski definition) is 5. The first-order chi connectivity index (χ1) is 10.9. The van der Waals surface area contributed by atoms with Crippen molar-refractivity contribution in [2.75, 3.05) is 18.6 Å². The van der Waals surface area contributed by atoms with Crippen molar-refractivity contribution in [2.45, 2.75) is 19.3 Å². The quantitative estimate of drug-likeness (QED) is 0.746. The Morgan fingerprint density at radius 1 is 1.22 bits per heavy atom. The van der Waals surface area contributed by atoms with Gasteiger partial charge < -0.3 is 4.74 Å². The summed E-state index contributed by atoms with van der Waals surface area (Å²) in [5.41, 5.74) is 5.37. The molecule has 0 bridgehead atoms. The minimum Gasteiger partial charge on any atom is -0.496 e. The largest absolute Gasteiger partial charge is 0.496 e. The van der Waals surface area contributed by atoms with E-state index in [2.05, 4.69) is 10.9 Å². The maximum atomic E-state index is 11.8. The summed E-state index contributed by atoms with van der Waals surface area (Å²) >= 11 is 0. The van der Waals surface area contributed by atoms with Gasteiger partial charge in [-0.15, -0.1) is 0 Å². The van der Waals surface area contributed by atoms with Crippen molar-refractivity contribution in [3.8, 4) is 5.75 Å². The summed E-state index contributed by atoms with van der Waals surface area (Å²) < 4.78 is 27.8. The molecule has 2 amide bonds. The van der Waals surface area contributed by atoms with Crippen molar-refractivity contribution in [1.82, 2.24) is 10.9 Å². The normalized spacial score (nSPS) is 19.1. The molecule has 1 heterocycles. The van der Waals surface area contributed by atoms with Gasteiger partial charge in [0.15, 0.2) is 9.84 Å². The molecule has 0 aliphatic carbocycles. The minimum atomic E-state index is -3.00. The molecule has 0 aromatic heterocycles. The third-order valence-corrected chi connectivity index (χ3v) is 5.52. The molecule has 0 spiro atoms. The highest BCUT2D eigenvalue weighted by Crippen LogP contribution is 2.21. The Hall–Kier alpha value is -2.09. The fourth-order valence-electron chi connectivity index (χ4n) is 2.55. The number of carbonyl (C=O) groups is 2. The number of rotatable bonds is 5. The molecule has 1 unspecified atom stereocenters. The monoisotopic (exact) mass is 340 g/mol. The van der Waals surface area contributed by atoms with E-state index in [-0.39, 0.29) is 42.1 Å². The van der Waals surface area contributed by atoms with Crippen LogP contribution in [0.3, 0.4) is 0 Å². The van der Waals surface area contributed by atoms with E-state index in [1.54, 1.807) is 24.3 Å². The van der Waals surface area contributed by atoms with Crippen LogP contribution in [0.5, 0.6) is 5.75 Å². The molecule has 0 saturated carbocycles. The van der Waals surface area contributed by atoms with Crippen LogP contribution in [0.2, 0.25) is 0 Å². The molecule has 8 heteroatoms. The fraction of sp³-hybridized carbons (Fsp3) is 0.467. The van der Waals surface area contributed by atoms with Crippen LogP contribution in [0.25, 0.3) is 0 Å². The molecule has 2 N–H and O–H groups in total. The molecule has 1 aliphatic rings. The zero-order valence-corrected chi connectivity index (χ0v) is 13.7. The van der Waals surface area contributed by atoms with Gasteiger partial charge in [0, 0.05) is 12.0 Å². The summed E-state index contributed by atoms with van der Waals surface area (Å²) in [5.74, 6) is -0.167. The van der Waals surface area contributed by atoms with E-state index in [4.69, 9.17) is 4.74 Å². The zero-order valence-electron chi connectivity index (χ0n) is 12.9. The SMILES string of the molecule is COc1ccccc1CC(=O)NNC(=O)CC1CCS(=O)(=O)C1. The number of para-hydroxylation sites is 1. The van der Waals surface area contributed by atoms with Gasteiger partial charge in [0.05, 0.1) is 25.0 Å². The number of carbonyl (C=O) groups excluding carboxylic acids is 2. The van der Waals surface area contributed by atoms with Crippen LogP contribution < -0.4 is 15.6 Å². The van der Waals surface area contributed by atoms with E-state index in [1.807, 2.05) is 0 Å². The van der Waals surface area contributed by atoms with Crippen molar-refractivity contribution in [3.63, 3.8) is 0 Å². The van der Waals surface area contributed by atoms with Crippen LogP contribution in [0.1, 0.15) is 18.4 Å². The Bertz CT molecular complexity index is 687. The number of amides is 2. The van der Waals surface area contributed by atoms with Gasteiger partial charge >= 0.3 is 0 Å². The van der Waals surface area contributed by atoms with Crippen LogP contribution in [0, 0.1) is 5.92 Å². The molecule has 126 valence electrons. The van der Waals surface area contributed by atoms with Crippen LogP contribution in [0.15, 0.2) is 24.3 Å². The van der Waals surface area contributed by atoms with E-state index >= 15 is 0 Å². The Morgan fingerprint density at radius 2 is 1.91 bits per heavy atom. The second-order valence-corrected chi connectivity index (χ2v) is 7.79. The van der Waals surface area contributed by atoms with E-state index in [0.717, 1.165) is 0 Å². The zero-order chi connectivity index (χ0) is 16.9. The number of methoxy groups -OCH3 is 1. The Balaban J connectivity index is 1.77. The average molecular weight is 340 g/mol. The first-order valence-electron chi connectivity index (χ1n) is 7.29. The molecule has 7 nitrogen and oxygen atoms in total. The summed E-state index contributed by atoms with van der Waals surface area (Å²) in [6.07, 6.45) is 0.654. The van der Waals surface area contributed by atoms with Gasteiger partial charge in [-0.1, -0.05) is 18.2 Å². The fourth-order valence-corrected chi connectivity index (χ4v) is 4.41. The summed E-state index contributed by atoms with van der Waals surface area (Å²) in [4.78, 5) is 23.6. The van der Waals surface area contributed by atoms with Gasteiger partial charge in [0.25, 0.3) is 0 Å². The molecule has 1 fully saturated rings. The van der Waals surface area contributed by atoms with Crippen molar-refractivity contribution in [3.05, 3.63) is 29.8 Å². The van der Waals surface area contributed by atoms with Crippen molar-refractivity contribution in [1.29, 1.82) is 0 Å². The minimum absolute atomic E-state index is 0.0373. The summed E-state index contributed by atoms with van der Waals surface area (Å²) in [7, 11) is -1.48. The first-order valence-corrected chi connectivity index (χ1v) is 9.12. The maximum absolute atomic E-state index is 11.8. The molecule has 1 aromatic rings. The molecule has 0 radical (unpaired) electrons. The molecule has 2 rings (SSSR count). The van der Waals surface area contributed by atoms with Gasteiger partial charge in [-0.25, -0.2) is 8.42 Å². The lowest BCUT2D eigenvalue weighted by Gasteiger charge is -2.11. The van der Waals surface area contributed by atoms with Gasteiger partial charge in [0.2, 0.25) is 11.8 Å². The predicted octanol–water partition coefficient (Wildman–Crippen LogP) is 0.210. The van der Waals surface area contributed by atoms with Crippen LogP contribution in [-0.4, -0.2) is 38.8 Å². The number of hydrazine groups is 1. The smallest absolute Gasteiger partial charge is 0.242 e. The number of hydrogen-bond donors (Lipinski definition) is 2. The van der Waals surface area contributed by atoms with E-state index in [0.29, 0.717) is 17.7 Å². The lowest BCUT2D eigenvalue weighted by atomic mass is 10.1. The second-order valence-electron chi connectivity index (χ2n) is 5.56. The molecule has 1 atom stereocenters. The van der Waals surface area contributed by atoms with Gasteiger partial charge in [-0.05, 0) is 18.4 Å². The summed E-state index contributed by atoms with van der Waals surface area (Å²) in [5, 5.41) is 0. The van der Waals surface area contributed by atoms with Crippen LogP contribution in [-0.2, 0) is 25.8 Å². The molecule has 1 aliphatic heterocycles. The standard InChI is InChI=1S/C15H20N2O5S/c1-22-13-5-3-2-4-12(13)9-15(19)17-16-14(18)8-11-6-7-23(20,21)10-11/h2-5,11H,6-10H2,1H3,(H,16,18)(H,17,19). The topological polar surface area (TPSA) is 102 Å². The number of sulfone groups is 1. The van der Waals surface area contributed by atoms with Crippen LogP contribution >= 0.6 is 0 Å². The predicted molar refractivity (Wildman–Crippen MR) is 84.4 cm³/mol. The first kappa shape index (κ1) is 17.3. The third kappa shape index (κ3) is 5.24. The third-order valence-electron chi connectivity index (χ3n) is 3.69. The molecule has 1 saturated heterocycles. The summed E-state index contributed by atoms with van der Waals surface area (Å²) in [6.45, 7) is 0. The number of ether oxygens (including phenoxy) is 1. The maximum Gasteiger partial charge on any atom is 0.242 e. The average Bonchev–Trinajstić information content (AvgIpc) is 2.84. The van der Waals surface area contributed by atoms with E-state index < -0.39 is 9.84 Å². The Kier molecular flexibility index (Phi) is 5.59. The van der Waals surface area contributed by atoms with Gasteiger partial charge in [0.1, 0.15) is 5.75 Å². The lowest BCUT2D eigenvalue weighted by Crippen LogP contribution is -2.43. The second kappa shape index (κ2) is 7.45. The highest BCUT2D eigenvalue weighted by atomic mass is 32.2. The molecular weight excluding hydrogens is 320 g/mol. The van der Waals surface area contributed by atoms with Crippen molar-refractivity contribution >= 4 is 21.7 Å². The van der Waals surface area contributed by atoms with Crippen molar-refractivity contribution < 1.29 is 22.7 Å².